The number of hydrogen-bond acceptors (Lipinski definition) is 18. The molecule has 0 radical (unpaired) electrons. The number of aliphatic hydroxyl groups is 3. The summed E-state index contributed by atoms with van der Waals surface area (Å²) >= 11 is 8.24. The molecule has 18 rings (SSSR count). The van der Waals surface area contributed by atoms with Gasteiger partial charge in [-0.3, -0.25) is 32.8 Å². The van der Waals surface area contributed by atoms with E-state index in [-0.39, 0.29) is 54.6 Å². The SMILES string of the molecule is CN1CCc2c(Cc3cc4c(=O)n([C@H]5CCOC[C@@H]5O)cnc4c4ccccc34)ccnc21.Cn1cc(-c2ncc(Cc3cc4c(=O)n([C@H]5CCOC[C@@H]5O)cnc4c4ccccc34)s2)cn1.Cn1ccc2c(Cc3cc4c(=O)n([C@H]5CCOC[C@@H]5O)cnc4c4ccccc34)c(Cl)cnc21. The molecule has 101 heavy (non-hydrogen) atoms. The van der Waals surface area contributed by atoms with Crippen LogP contribution in [-0.2, 0) is 54.0 Å². The topological polar surface area (TPSA) is 258 Å². The molecule has 3 saturated heterocycles. The minimum atomic E-state index is -0.743. The second kappa shape index (κ2) is 27.5. The molecule has 3 N–H and O–H groups in total. The van der Waals surface area contributed by atoms with E-state index in [0.717, 1.165) is 106 Å². The molecular formula is C77H72ClN13O9S. The van der Waals surface area contributed by atoms with Crippen molar-refractivity contribution in [3.05, 3.63) is 234 Å². The smallest absolute Gasteiger partial charge is 0.261 e. The predicted octanol–water partition coefficient (Wildman–Crippen LogP) is 10.2. The average Bonchev–Trinajstić information content (AvgIpc) is 1.24. The van der Waals surface area contributed by atoms with Crippen molar-refractivity contribution in [1.29, 1.82) is 0 Å². The number of hydrogen-bond donors (Lipinski definition) is 3. The van der Waals surface area contributed by atoms with E-state index in [1.54, 1.807) is 54.9 Å². The van der Waals surface area contributed by atoms with Gasteiger partial charge in [0, 0.05) is 123 Å². The number of aryl methyl sites for hydroxylation is 2. The number of thiazole rings is 1. The third kappa shape index (κ3) is 12.3. The van der Waals surface area contributed by atoms with Gasteiger partial charge in [0.1, 0.15) is 16.5 Å². The van der Waals surface area contributed by atoms with Crippen molar-refractivity contribution < 1.29 is 29.5 Å². The van der Waals surface area contributed by atoms with Crippen molar-refractivity contribution in [1.82, 2.24) is 58.0 Å². The summed E-state index contributed by atoms with van der Waals surface area (Å²) in [6.07, 6.45) is 18.4. The third-order valence-corrected chi connectivity index (χ3v) is 21.7. The highest BCUT2D eigenvalue weighted by Crippen LogP contribution is 2.37. The summed E-state index contributed by atoms with van der Waals surface area (Å²) in [6.45, 7) is 3.19. The lowest BCUT2D eigenvalue weighted by Gasteiger charge is -2.29. The van der Waals surface area contributed by atoms with Gasteiger partial charge in [0.05, 0.1) is 119 Å². The van der Waals surface area contributed by atoms with Gasteiger partial charge in [-0.05, 0) is 112 Å². The molecule has 24 heteroatoms. The number of anilines is 1. The zero-order valence-electron chi connectivity index (χ0n) is 55.8. The fraction of sp³-hybridized carbons (Fsp3) is 0.299. The third-order valence-electron chi connectivity index (χ3n) is 20.3. The molecule has 12 heterocycles. The van der Waals surface area contributed by atoms with E-state index in [1.807, 2.05) is 129 Å². The fourth-order valence-corrected chi connectivity index (χ4v) is 16.3. The van der Waals surface area contributed by atoms with Gasteiger partial charge in [-0.15, -0.1) is 11.3 Å². The quantitative estimate of drug-likeness (QED) is 0.108. The predicted molar refractivity (Wildman–Crippen MR) is 392 cm³/mol. The largest absolute Gasteiger partial charge is 0.389 e. The Morgan fingerprint density at radius 3 is 1.50 bits per heavy atom. The van der Waals surface area contributed by atoms with Crippen molar-refractivity contribution >= 4 is 105 Å². The molecule has 512 valence electrons. The van der Waals surface area contributed by atoms with Gasteiger partial charge >= 0.3 is 0 Å². The van der Waals surface area contributed by atoms with Gasteiger partial charge in [0.25, 0.3) is 16.7 Å². The van der Waals surface area contributed by atoms with Crippen molar-refractivity contribution in [3.63, 3.8) is 0 Å². The van der Waals surface area contributed by atoms with Gasteiger partial charge < -0.3 is 39.0 Å². The standard InChI is InChI=1S/C26H23ClN4O3.C26H26N4O3.C25H23N5O3S/c1-30-8-6-18-19(21(27)12-28-25(18)30)10-15-11-20-24(17-5-3-2-4-16(15)17)29-14-31(26(20)33)22-7-9-34-13-23(22)32;1-29-10-7-19-16(6-9-27-25(19)29)12-17-13-21-24(20-5-3-2-4-18(17)20)28-15-30(26(21)32)22-8-11-33-14-23(22)31;1-29-12-16(10-28-29)24-26-11-17(34-24)8-15-9-20-23(19-5-3-2-4-18(15)19)27-14-30(25(20)32)21-6-7-33-13-22(21)31/h2-6,8,11-12,14,22-23,32H,7,9-10,13H2,1H3;2-6,9,13,15,22-23,31H,7-8,10-12,14H2,1H3;2-5,9-12,14,21-22,31H,6-8,13H2,1H3/t2*22-,23-;21-,22-/m000/s1. The highest BCUT2D eigenvalue weighted by atomic mass is 35.5. The van der Waals surface area contributed by atoms with E-state index < -0.39 is 18.3 Å². The fourth-order valence-electron chi connectivity index (χ4n) is 15.1. The number of nitrogens with zero attached hydrogens (tertiary/aromatic N) is 13. The van der Waals surface area contributed by atoms with Crippen LogP contribution in [0.1, 0.15) is 75.6 Å². The van der Waals surface area contributed by atoms with Crippen LogP contribution in [0.2, 0.25) is 5.02 Å². The molecule has 8 aromatic heterocycles. The monoisotopic (exact) mass is 1390 g/mol. The van der Waals surface area contributed by atoms with Crippen molar-refractivity contribution in [3.8, 4) is 10.6 Å². The lowest BCUT2D eigenvalue weighted by atomic mass is 9.94. The van der Waals surface area contributed by atoms with Gasteiger partial charge in [0.15, 0.2) is 0 Å². The van der Waals surface area contributed by atoms with E-state index in [0.29, 0.717) is 89.7 Å². The average molecular weight is 1390 g/mol. The zero-order valence-corrected chi connectivity index (χ0v) is 57.3. The van der Waals surface area contributed by atoms with Crippen LogP contribution in [0.25, 0.3) is 86.6 Å². The first-order valence-electron chi connectivity index (χ1n) is 33.9. The van der Waals surface area contributed by atoms with E-state index in [2.05, 4.69) is 66.2 Å². The first-order valence-corrected chi connectivity index (χ1v) is 35.1. The van der Waals surface area contributed by atoms with E-state index in [9.17, 15) is 29.7 Å². The number of pyridine rings is 2. The maximum atomic E-state index is 13.6. The van der Waals surface area contributed by atoms with Gasteiger partial charge in [0.2, 0.25) is 0 Å². The summed E-state index contributed by atoms with van der Waals surface area (Å²) in [7, 11) is 5.92. The molecule has 0 bridgehead atoms. The summed E-state index contributed by atoms with van der Waals surface area (Å²) in [6, 6.07) is 33.2. The van der Waals surface area contributed by atoms with Crippen LogP contribution in [0, 0.1) is 0 Å². The molecule has 3 fully saturated rings. The lowest BCUT2D eigenvalue weighted by molar-refractivity contribution is -0.0395. The molecule has 6 aromatic carbocycles. The second-order valence-corrected chi connectivity index (χ2v) is 28.1. The molecule has 0 unspecified atom stereocenters. The first kappa shape index (κ1) is 65.6. The van der Waals surface area contributed by atoms with E-state index in [4.69, 9.17) is 30.8 Å². The minimum Gasteiger partial charge on any atom is -0.389 e. The zero-order chi connectivity index (χ0) is 69.2. The lowest BCUT2D eigenvalue weighted by Crippen LogP contribution is -2.39. The highest BCUT2D eigenvalue weighted by Gasteiger charge is 2.31. The molecule has 0 amide bonds. The Labute approximate surface area is 586 Å². The number of aliphatic hydroxyl groups excluding tert-OH is 3. The van der Waals surface area contributed by atoms with Crippen molar-refractivity contribution in [2.45, 2.75) is 81.4 Å². The number of halogens is 1. The molecule has 0 saturated carbocycles. The van der Waals surface area contributed by atoms with Gasteiger partial charge in [-0.1, -0.05) is 84.4 Å². The van der Waals surface area contributed by atoms with E-state index >= 15 is 0 Å². The Kier molecular flexibility index (Phi) is 17.9. The summed E-state index contributed by atoms with van der Waals surface area (Å²) in [5.41, 5.74) is 10.1. The summed E-state index contributed by atoms with van der Waals surface area (Å²) in [5, 5.41) is 45.8. The van der Waals surface area contributed by atoms with Crippen LogP contribution in [0.5, 0.6) is 0 Å². The number of benzene rings is 6. The molecule has 0 aliphatic carbocycles. The summed E-state index contributed by atoms with van der Waals surface area (Å²) in [4.78, 5) is 71.8. The number of ether oxygens (including phenoxy) is 3. The van der Waals surface area contributed by atoms with Crippen molar-refractivity contribution in [2.75, 3.05) is 58.1 Å². The molecule has 6 atom stereocenters. The maximum absolute atomic E-state index is 13.6. The van der Waals surface area contributed by atoms with Crippen LogP contribution >= 0.6 is 22.9 Å². The molecular weight excluding hydrogens is 1320 g/mol. The van der Waals surface area contributed by atoms with Crippen molar-refractivity contribution in [2.24, 2.45) is 14.1 Å². The molecule has 14 aromatic rings. The highest BCUT2D eigenvalue weighted by molar-refractivity contribution is 7.15. The molecule has 22 nitrogen and oxygen atoms in total. The Bertz CT molecular complexity index is 5730. The normalized spacial score (nSPS) is 19.3. The van der Waals surface area contributed by atoms with Crippen LogP contribution in [-0.4, -0.2) is 145 Å². The minimum absolute atomic E-state index is 0.113. The summed E-state index contributed by atoms with van der Waals surface area (Å²) in [5.74, 6) is 1.05. The number of rotatable bonds is 10. The number of aromatic nitrogens is 12. The van der Waals surface area contributed by atoms with E-state index in [1.165, 1.54) is 11.1 Å². The Morgan fingerprint density at radius 2 is 1.01 bits per heavy atom. The van der Waals surface area contributed by atoms with Gasteiger partial charge in [-0.25, -0.2) is 29.9 Å². The Hall–Kier alpha value is -9.95. The Balaban J connectivity index is 0.000000118. The van der Waals surface area contributed by atoms with Gasteiger partial charge in [-0.2, -0.15) is 5.10 Å². The van der Waals surface area contributed by atoms with Crippen LogP contribution < -0.4 is 21.6 Å². The maximum Gasteiger partial charge on any atom is 0.261 e. The van der Waals surface area contributed by atoms with Crippen LogP contribution in [0.4, 0.5) is 5.82 Å². The Morgan fingerprint density at radius 1 is 0.525 bits per heavy atom. The molecule has 0 spiro atoms. The second-order valence-electron chi connectivity index (χ2n) is 26.6. The van der Waals surface area contributed by atoms with Crippen LogP contribution in [0.15, 0.2) is 174 Å². The number of likely N-dealkylation sites (N-methyl/N-ethyl adjacent to an activating group) is 1. The molecule has 4 aliphatic rings. The molecule has 4 aliphatic heterocycles. The summed E-state index contributed by atoms with van der Waals surface area (Å²) < 4.78 is 24.5. The number of fused-ring (bicyclic) bond motifs is 11. The van der Waals surface area contributed by atoms with Crippen LogP contribution in [0.3, 0.4) is 0 Å². The first-order chi connectivity index (χ1) is 49.2.